The minimum Gasteiger partial charge on any atom is -0.407 e. The van der Waals surface area contributed by atoms with E-state index < -0.39 is 5.54 Å². The van der Waals surface area contributed by atoms with Gasteiger partial charge in [0.1, 0.15) is 12.1 Å². The molecule has 8 nitrogen and oxygen atoms in total. The van der Waals surface area contributed by atoms with Gasteiger partial charge in [-0.25, -0.2) is 0 Å². The molecule has 1 aliphatic heterocycles. The molecule has 0 unspecified atom stereocenters. The van der Waals surface area contributed by atoms with Crippen LogP contribution in [0.2, 0.25) is 0 Å². The number of hydrogen-bond donors (Lipinski definition) is 2. The van der Waals surface area contributed by atoms with Crippen molar-refractivity contribution in [2.75, 3.05) is 11.4 Å². The van der Waals surface area contributed by atoms with E-state index in [4.69, 9.17) is 4.42 Å². The molecule has 0 aromatic carbocycles. The van der Waals surface area contributed by atoms with E-state index in [1.807, 2.05) is 13.8 Å². The smallest absolute Gasteiger partial charge is 0.319 e. The van der Waals surface area contributed by atoms with Crippen LogP contribution < -0.4 is 15.5 Å². The number of aromatic nitrogens is 2. The molecule has 2 heterocycles. The summed E-state index contributed by atoms with van der Waals surface area (Å²) in [7, 11) is 0. The summed E-state index contributed by atoms with van der Waals surface area (Å²) in [6, 6.07) is 0.475. The monoisotopic (exact) mass is 281 g/mol. The van der Waals surface area contributed by atoms with Crippen molar-refractivity contribution in [3.63, 3.8) is 0 Å². The van der Waals surface area contributed by atoms with E-state index in [0.717, 1.165) is 0 Å². The lowest BCUT2D eigenvalue weighted by atomic mass is 9.99. The van der Waals surface area contributed by atoms with Gasteiger partial charge in [-0.2, -0.15) is 0 Å². The number of anilines is 1. The summed E-state index contributed by atoms with van der Waals surface area (Å²) in [4.78, 5) is 24.9. The fourth-order valence-electron chi connectivity index (χ4n) is 1.81. The Hall–Kier alpha value is -1.96. The van der Waals surface area contributed by atoms with Gasteiger partial charge in [-0.15, -0.1) is 5.10 Å². The molecule has 0 saturated carbocycles. The second kappa shape index (κ2) is 5.20. The largest absolute Gasteiger partial charge is 0.407 e. The van der Waals surface area contributed by atoms with Gasteiger partial charge in [0.05, 0.1) is 6.54 Å². The van der Waals surface area contributed by atoms with E-state index in [1.165, 1.54) is 4.90 Å². The Morgan fingerprint density at radius 3 is 2.75 bits per heavy atom. The van der Waals surface area contributed by atoms with Crippen LogP contribution in [0.4, 0.5) is 6.01 Å². The summed E-state index contributed by atoms with van der Waals surface area (Å²) in [6.07, 6.45) is 0. The van der Waals surface area contributed by atoms with E-state index in [2.05, 4.69) is 20.8 Å². The molecule has 1 aromatic rings. The molecule has 1 aromatic heterocycles. The molecule has 8 heteroatoms. The number of piperazine rings is 1. The molecule has 0 atom stereocenters. The van der Waals surface area contributed by atoms with Crippen LogP contribution in [0.25, 0.3) is 0 Å². The van der Waals surface area contributed by atoms with Crippen LogP contribution in [0.5, 0.6) is 0 Å². The van der Waals surface area contributed by atoms with Gasteiger partial charge in [-0.3, -0.25) is 14.9 Å². The van der Waals surface area contributed by atoms with Gasteiger partial charge in [0, 0.05) is 6.04 Å². The predicted octanol–water partition coefficient (Wildman–Crippen LogP) is -0.191. The molecular formula is C12H19N5O3. The molecule has 1 aliphatic rings. The molecule has 110 valence electrons. The predicted molar refractivity (Wildman–Crippen MR) is 70.8 cm³/mol. The lowest BCUT2D eigenvalue weighted by Gasteiger charge is -2.38. The Bertz CT molecular complexity index is 523. The van der Waals surface area contributed by atoms with Crippen LogP contribution in [0.1, 0.15) is 33.6 Å². The van der Waals surface area contributed by atoms with Gasteiger partial charge in [0.2, 0.25) is 11.8 Å². The molecule has 0 spiro atoms. The highest BCUT2D eigenvalue weighted by molar-refractivity contribution is 6.06. The number of hydrogen-bond acceptors (Lipinski definition) is 7. The number of carbonyl (C=O) groups excluding carboxylic acids is 2. The first-order valence-corrected chi connectivity index (χ1v) is 6.48. The van der Waals surface area contributed by atoms with Crippen molar-refractivity contribution < 1.29 is 14.0 Å². The minimum atomic E-state index is -0.914. The standard InChI is InChI=1S/C12H19N5O3/c1-7(2)13-5-9-15-16-11(20-9)17-6-8(18)14-10(19)12(17,3)4/h7,13H,5-6H2,1-4H3,(H,14,18,19). The van der Waals surface area contributed by atoms with Gasteiger partial charge >= 0.3 is 6.01 Å². The highest BCUT2D eigenvalue weighted by Gasteiger charge is 2.43. The Labute approximate surface area is 116 Å². The zero-order chi connectivity index (χ0) is 14.9. The fraction of sp³-hybridized carbons (Fsp3) is 0.667. The van der Waals surface area contributed by atoms with Crippen molar-refractivity contribution >= 4 is 17.8 Å². The highest BCUT2D eigenvalue weighted by Crippen LogP contribution is 2.25. The molecule has 2 N–H and O–H groups in total. The molecule has 2 amide bonds. The van der Waals surface area contributed by atoms with E-state index in [9.17, 15) is 9.59 Å². The number of rotatable bonds is 4. The Kier molecular flexibility index (Phi) is 3.76. The number of nitrogens with zero attached hydrogens (tertiary/aromatic N) is 3. The van der Waals surface area contributed by atoms with Crippen LogP contribution in [-0.2, 0) is 16.1 Å². The highest BCUT2D eigenvalue weighted by atomic mass is 16.4. The number of carbonyl (C=O) groups is 2. The van der Waals surface area contributed by atoms with Crippen LogP contribution in [0.3, 0.4) is 0 Å². The van der Waals surface area contributed by atoms with Crippen LogP contribution >= 0.6 is 0 Å². The maximum atomic E-state index is 11.9. The lowest BCUT2D eigenvalue weighted by Crippen LogP contribution is -2.64. The van der Waals surface area contributed by atoms with Crippen molar-refractivity contribution in [3.8, 4) is 0 Å². The van der Waals surface area contributed by atoms with Gasteiger partial charge in [-0.05, 0) is 13.8 Å². The van der Waals surface area contributed by atoms with Gasteiger partial charge in [-0.1, -0.05) is 18.9 Å². The third-order valence-electron chi connectivity index (χ3n) is 3.13. The van der Waals surface area contributed by atoms with E-state index in [0.29, 0.717) is 18.5 Å². The second-order valence-corrected chi connectivity index (χ2v) is 5.54. The summed E-state index contributed by atoms with van der Waals surface area (Å²) >= 11 is 0. The minimum absolute atomic E-state index is 0.0119. The van der Waals surface area contributed by atoms with Crippen molar-refractivity contribution in [1.82, 2.24) is 20.8 Å². The molecule has 0 aliphatic carbocycles. The van der Waals surface area contributed by atoms with Crippen LogP contribution in [0, 0.1) is 0 Å². The Balaban J connectivity index is 2.17. The van der Waals surface area contributed by atoms with Crippen molar-refractivity contribution in [2.45, 2.75) is 45.8 Å². The zero-order valence-corrected chi connectivity index (χ0v) is 12.1. The summed E-state index contributed by atoms with van der Waals surface area (Å²) in [6.45, 7) is 7.87. The first-order chi connectivity index (χ1) is 9.30. The fourth-order valence-corrected chi connectivity index (χ4v) is 1.81. The van der Waals surface area contributed by atoms with Gasteiger partial charge in [0.25, 0.3) is 5.91 Å². The summed E-state index contributed by atoms with van der Waals surface area (Å²) in [5.41, 5.74) is -0.914. The third kappa shape index (κ3) is 2.79. The first kappa shape index (κ1) is 14.4. The number of nitrogens with one attached hydrogen (secondary N) is 2. The zero-order valence-electron chi connectivity index (χ0n) is 12.1. The second-order valence-electron chi connectivity index (χ2n) is 5.54. The lowest BCUT2D eigenvalue weighted by molar-refractivity contribution is -0.135. The molecule has 0 radical (unpaired) electrons. The molecule has 0 bridgehead atoms. The summed E-state index contributed by atoms with van der Waals surface area (Å²) in [5.74, 6) is -0.342. The van der Waals surface area contributed by atoms with Crippen LogP contribution in [0.15, 0.2) is 4.42 Å². The molecule has 1 fully saturated rings. The Morgan fingerprint density at radius 2 is 2.10 bits per heavy atom. The van der Waals surface area contributed by atoms with Gasteiger partial charge in [0.15, 0.2) is 0 Å². The van der Waals surface area contributed by atoms with E-state index in [-0.39, 0.29) is 24.4 Å². The Morgan fingerprint density at radius 1 is 1.40 bits per heavy atom. The molecule has 1 saturated heterocycles. The molecule has 20 heavy (non-hydrogen) atoms. The quantitative estimate of drug-likeness (QED) is 0.738. The normalized spacial score (nSPS) is 18.6. The van der Waals surface area contributed by atoms with Crippen molar-refractivity contribution in [3.05, 3.63) is 5.89 Å². The third-order valence-corrected chi connectivity index (χ3v) is 3.13. The van der Waals surface area contributed by atoms with E-state index >= 15 is 0 Å². The topological polar surface area (TPSA) is 100 Å². The van der Waals surface area contributed by atoms with Gasteiger partial charge < -0.3 is 14.6 Å². The van der Waals surface area contributed by atoms with Crippen LogP contribution in [-0.4, -0.2) is 40.1 Å². The van der Waals surface area contributed by atoms with E-state index in [1.54, 1.807) is 13.8 Å². The first-order valence-electron chi connectivity index (χ1n) is 6.48. The maximum absolute atomic E-state index is 11.9. The maximum Gasteiger partial charge on any atom is 0.319 e. The average molecular weight is 281 g/mol. The molecular weight excluding hydrogens is 262 g/mol. The summed E-state index contributed by atoms with van der Waals surface area (Å²) < 4.78 is 5.51. The summed E-state index contributed by atoms with van der Waals surface area (Å²) in [5, 5.41) is 13.3. The van der Waals surface area contributed by atoms with Crippen molar-refractivity contribution in [2.24, 2.45) is 0 Å². The SMILES string of the molecule is CC(C)NCc1nnc(N2CC(=O)NC(=O)C2(C)C)o1. The van der Waals surface area contributed by atoms with Crippen molar-refractivity contribution in [1.29, 1.82) is 0 Å². The average Bonchev–Trinajstić information content (AvgIpc) is 2.80. The molecule has 2 rings (SSSR count). The number of amides is 2. The number of imide groups is 1.